The van der Waals surface area contributed by atoms with Gasteiger partial charge in [0, 0.05) is 37.6 Å². The average molecular weight is 453 g/mol. The molecule has 0 aliphatic carbocycles. The summed E-state index contributed by atoms with van der Waals surface area (Å²) >= 11 is 1.73. The average Bonchev–Trinajstić information content (AvgIpc) is 3.32. The van der Waals surface area contributed by atoms with Gasteiger partial charge in [0.05, 0.1) is 15.6 Å². The molecule has 4 rings (SSSR count). The second-order valence-electron chi connectivity index (χ2n) is 7.63. The second-order valence-corrected chi connectivity index (χ2v) is 8.77. The zero-order valence-corrected chi connectivity index (χ0v) is 18.9. The number of nitrogens with two attached hydrogens (primary N) is 2. The number of piperidine rings is 1. The third-order valence-electron chi connectivity index (χ3n) is 5.51. The highest BCUT2D eigenvalue weighted by molar-refractivity contribution is 7.11. The quantitative estimate of drug-likeness (QED) is 0.232. The SMILES string of the molecule is CCc1cnc(N2CCC(c3ncc(COc4ccc(N(N)/C=N\N)cc4)s3)CC2)nc1. The second kappa shape index (κ2) is 10.4. The van der Waals surface area contributed by atoms with E-state index in [-0.39, 0.29) is 0 Å². The summed E-state index contributed by atoms with van der Waals surface area (Å²) in [5.41, 5.74) is 1.93. The number of rotatable bonds is 8. The molecule has 0 bridgehead atoms. The van der Waals surface area contributed by atoms with E-state index in [0.29, 0.717) is 12.5 Å². The van der Waals surface area contributed by atoms with Crippen LogP contribution in [-0.4, -0.2) is 34.4 Å². The number of hydrazone groups is 1. The maximum Gasteiger partial charge on any atom is 0.225 e. The first-order valence-electron chi connectivity index (χ1n) is 10.7. The fourth-order valence-corrected chi connectivity index (χ4v) is 4.61. The number of aromatic nitrogens is 3. The van der Waals surface area contributed by atoms with Gasteiger partial charge in [0.1, 0.15) is 18.7 Å². The molecule has 2 aromatic heterocycles. The standard InChI is InChI=1S/C22H28N8OS/c1-2-16-11-26-22(27-12-16)29-9-7-17(8-10-29)21-25-13-20(32-21)14-31-19-5-3-18(4-6-19)30(24)15-28-23/h3-6,11-13,15,17H,2,7-10,14,23-24H2,1H3/b28-15-. The van der Waals surface area contributed by atoms with E-state index in [4.69, 9.17) is 16.4 Å². The van der Waals surface area contributed by atoms with Gasteiger partial charge in [-0.05, 0) is 49.1 Å². The fourth-order valence-electron chi connectivity index (χ4n) is 3.61. The van der Waals surface area contributed by atoms with Crippen LogP contribution in [0.1, 0.15) is 41.1 Å². The molecule has 1 aliphatic rings. The van der Waals surface area contributed by atoms with E-state index in [2.05, 4.69) is 31.9 Å². The molecule has 32 heavy (non-hydrogen) atoms. The van der Waals surface area contributed by atoms with Gasteiger partial charge >= 0.3 is 0 Å². The van der Waals surface area contributed by atoms with Crippen LogP contribution in [0, 0.1) is 0 Å². The Morgan fingerprint density at radius 3 is 2.53 bits per heavy atom. The molecule has 0 unspecified atom stereocenters. The molecule has 1 aliphatic heterocycles. The highest BCUT2D eigenvalue weighted by Gasteiger charge is 2.24. The first kappa shape index (κ1) is 22.0. The Kier molecular flexibility index (Phi) is 7.13. The van der Waals surface area contributed by atoms with Crippen LogP contribution in [0.5, 0.6) is 5.75 Å². The summed E-state index contributed by atoms with van der Waals surface area (Å²) in [5.74, 6) is 13.0. The van der Waals surface area contributed by atoms with Crippen LogP contribution < -0.4 is 26.3 Å². The number of benzene rings is 1. The number of aryl methyl sites for hydroxylation is 1. The molecule has 0 saturated carbocycles. The largest absolute Gasteiger partial charge is 0.488 e. The van der Waals surface area contributed by atoms with Crippen LogP contribution in [-0.2, 0) is 13.0 Å². The van der Waals surface area contributed by atoms with Crippen molar-refractivity contribution in [2.75, 3.05) is 23.0 Å². The molecule has 3 heterocycles. The monoisotopic (exact) mass is 452 g/mol. The summed E-state index contributed by atoms with van der Waals surface area (Å²) in [5, 5.41) is 5.93. The van der Waals surface area contributed by atoms with E-state index in [1.54, 1.807) is 11.3 Å². The van der Waals surface area contributed by atoms with Gasteiger partial charge in [-0.2, -0.15) is 5.10 Å². The Balaban J connectivity index is 1.28. The maximum atomic E-state index is 5.91. The molecule has 3 aromatic rings. The van der Waals surface area contributed by atoms with Crippen LogP contribution in [0.3, 0.4) is 0 Å². The highest BCUT2D eigenvalue weighted by atomic mass is 32.1. The van der Waals surface area contributed by atoms with Crippen molar-refractivity contribution in [3.63, 3.8) is 0 Å². The predicted octanol–water partition coefficient (Wildman–Crippen LogP) is 3.04. The van der Waals surface area contributed by atoms with E-state index >= 15 is 0 Å². The van der Waals surface area contributed by atoms with E-state index in [1.165, 1.54) is 21.9 Å². The molecule has 0 spiro atoms. The van der Waals surface area contributed by atoms with Crippen molar-refractivity contribution in [3.05, 3.63) is 58.3 Å². The molecule has 0 radical (unpaired) electrons. The van der Waals surface area contributed by atoms with Crippen molar-refractivity contribution in [1.29, 1.82) is 0 Å². The van der Waals surface area contributed by atoms with Crippen molar-refractivity contribution in [1.82, 2.24) is 15.0 Å². The number of hydrazine groups is 1. The fraction of sp³-hybridized carbons (Fsp3) is 0.364. The van der Waals surface area contributed by atoms with Crippen LogP contribution in [0.4, 0.5) is 11.6 Å². The van der Waals surface area contributed by atoms with Crippen molar-refractivity contribution in [2.45, 2.75) is 38.7 Å². The summed E-state index contributed by atoms with van der Waals surface area (Å²) in [6.45, 7) is 4.49. The first-order valence-corrected chi connectivity index (χ1v) is 11.5. The van der Waals surface area contributed by atoms with Gasteiger partial charge in [0.25, 0.3) is 0 Å². The maximum absolute atomic E-state index is 5.91. The number of hydrogen-bond acceptors (Lipinski definition) is 9. The lowest BCUT2D eigenvalue weighted by molar-refractivity contribution is 0.309. The molecule has 10 heteroatoms. The third kappa shape index (κ3) is 5.32. The third-order valence-corrected chi connectivity index (χ3v) is 6.64. The zero-order valence-electron chi connectivity index (χ0n) is 18.1. The first-order chi connectivity index (χ1) is 15.7. The Morgan fingerprint density at radius 2 is 1.88 bits per heavy atom. The highest BCUT2D eigenvalue weighted by Crippen LogP contribution is 2.32. The molecule has 0 atom stereocenters. The molecule has 9 nitrogen and oxygen atoms in total. The molecular weight excluding hydrogens is 424 g/mol. The van der Waals surface area contributed by atoms with Gasteiger partial charge in [-0.25, -0.2) is 20.8 Å². The zero-order chi connectivity index (χ0) is 22.3. The van der Waals surface area contributed by atoms with Crippen LogP contribution in [0.2, 0.25) is 0 Å². The van der Waals surface area contributed by atoms with Gasteiger partial charge in [-0.1, -0.05) is 6.92 Å². The summed E-state index contributed by atoms with van der Waals surface area (Å²) in [7, 11) is 0. The number of hydrogen-bond donors (Lipinski definition) is 2. The van der Waals surface area contributed by atoms with E-state index in [9.17, 15) is 0 Å². The summed E-state index contributed by atoms with van der Waals surface area (Å²) < 4.78 is 5.91. The molecular formula is C22H28N8OS. The van der Waals surface area contributed by atoms with E-state index in [1.807, 2.05) is 42.9 Å². The molecule has 1 saturated heterocycles. The molecule has 0 amide bonds. The van der Waals surface area contributed by atoms with Crippen LogP contribution in [0.15, 0.2) is 48.0 Å². The van der Waals surface area contributed by atoms with Crippen molar-refractivity contribution >= 4 is 29.3 Å². The predicted molar refractivity (Wildman–Crippen MR) is 128 cm³/mol. The topological polar surface area (TPSA) is 119 Å². The minimum absolute atomic E-state index is 0.471. The van der Waals surface area contributed by atoms with Crippen LogP contribution in [0.25, 0.3) is 0 Å². The Hall–Kier alpha value is -3.24. The van der Waals surface area contributed by atoms with Crippen molar-refractivity contribution < 1.29 is 4.74 Å². The molecule has 168 valence electrons. The Labute approximate surface area is 191 Å². The van der Waals surface area contributed by atoms with Gasteiger partial charge in [0.15, 0.2) is 0 Å². The van der Waals surface area contributed by atoms with Crippen molar-refractivity contribution in [3.8, 4) is 5.75 Å². The minimum atomic E-state index is 0.471. The lowest BCUT2D eigenvalue weighted by Crippen LogP contribution is -2.34. The Bertz CT molecular complexity index is 1010. The smallest absolute Gasteiger partial charge is 0.225 e. The minimum Gasteiger partial charge on any atom is -0.488 e. The lowest BCUT2D eigenvalue weighted by Gasteiger charge is -2.31. The number of nitrogens with zero attached hydrogens (tertiary/aromatic N) is 6. The van der Waals surface area contributed by atoms with E-state index < -0.39 is 0 Å². The van der Waals surface area contributed by atoms with Crippen LogP contribution >= 0.6 is 11.3 Å². The number of ether oxygens (including phenoxy) is 1. The summed E-state index contributed by atoms with van der Waals surface area (Å²) in [4.78, 5) is 17.1. The number of anilines is 2. The van der Waals surface area contributed by atoms with Gasteiger partial charge in [-0.15, -0.1) is 11.3 Å². The van der Waals surface area contributed by atoms with Gasteiger partial charge in [-0.3, -0.25) is 5.01 Å². The van der Waals surface area contributed by atoms with E-state index in [0.717, 1.165) is 54.6 Å². The summed E-state index contributed by atoms with van der Waals surface area (Å²) in [6, 6.07) is 7.43. The Morgan fingerprint density at radius 1 is 1.16 bits per heavy atom. The molecule has 4 N–H and O–H groups in total. The van der Waals surface area contributed by atoms with Crippen molar-refractivity contribution in [2.24, 2.45) is 16.8 Å². The van der Waals surface area contributed by atoms with Gasteiger partial charge in [0.2, 0.25) is 5.95 Å². The normalized spacial score (nSPS) is 14.8. The number of thiazole rings is 1. The lowest BCUT2D eigenvalue weighted by atomic mass is 9.98. The van der Waals surface area contributed by atoms with Gasteiger partial charge < -0.3 is 15.5 Å². The summed E-state index contributed by atoms with van der Waals surface area (Å²) in [6.07, 6.45) is 10.2. The molecule has 1 aromatic carbocycles. The molecule has 1 fully saturated rings.